The number of halogens is 3. The van der Waals surface area contributed by atoms with Gasteiger partial charge < -0.3 is 20.2 Å². The smallest absolute Gasteiger partial charge is 0.281 e. The molecule has 0 aliphatic heterocycles. The fourth-order valence-corrected chi connectivity index (χ4v) is 5.50. The fourth-order valence-electron chi connectivity index (χ4n) is 4.66. The molecule has 0 radical (unpaired) electrons. The number of hydrogen-bond donors (Lipinski definition) is 2. The zero-order valence-corrected chi connectivity index (χ0v) is 26.3. The molecule has 2 atom stereocenters. The van der Waals surface area contributed by atoms with Crippen LogP contribution in [0.5, 0.6) is 0 Å². The Bertz CT molecular complexity index is 1600. The van der Waals surface area contributed by atoms with Gasteiger partial charge >= 0.3 is 0 Å². The summed E-state index contributed by atoms with van der Waals surface area (Å²) in [6.07, 6.45) is -0.349. The van der Waals surface area contributed by atoms with E-state index < -0.39 is 36.1 Å². The zero-order valence-electron chi connectivity index (χ0n) is 25.5. The minimum absolute atomic E-state index is 0.0345. The maximum atomic E-state index is 14.5. The van der Waals surface area contributed by atoms with Gasteiger partial charge in [-0.25, -0.2) is 18.2 Å². The third-order valence-electron chi connectivity index (χ3n) is 7.28. The maximum Gasteiger partial charge on any atom is 0.281 e. The van der Waals surface area contributed by atoms with E-state index in [1.54, 1.807) is 42.4 Å². The van der Waals surface area contributed by atoms with E-state index in [0.29, 0.717) is 22.7 Å². The third-order valence-corrected chi connectivity index (χ3v) is 8.13. The molecule has 8 nitrogen and oxygen atoms in total. The molecule has 0 saturated heterocycles. The number of nitrogens with zero attached hydrogens (tertiary/aromatic N) is 4. The van der Waals surface area contributed by atoms with Crippen molar-refractivity contribution in [2.75, 3.05) is 25.5 Å². The Morgan fingerprint density at radius 2 is 1.73 bits per heavy atom. The molecule has 2 N–H and O–H groups in total. The predicted molar refractivity (Wildman–Crippen MR) is 168 cm³/mol. The number of anilines is 1. The van der Waals surface area contributed by atoms with Crippen molar-refractivity contribution in [2.24, 2.45) is 0 Å². The van der Waals surface area contributed by atoms with Crippen LogP contribution in [-0.4, -0.2) is 64.6 Å². The molecule has 2 heterocycles. The monoisotopic (exact) mass is 639 g/mol. The number of carbonyl (C=O) groups excluding carboxylic acids is 2. The largest absolute Gasteiger partial charge is 0.389 e. The lowest BCUT2D eigenvalue weighted by atomic mass is 9.99. The second-order valence-electron chi connectivity index (χ2n) is 11.3. The van der Waals surface area contributed by atoms with Crippen LogP contribution in [0.2, 0.25) is 0 Å². The van der Waals surface area contributed by atoms with Crippen LogP contribution in [0.15, 0.2) is 78.4 Å². The molecule has 0 spiro atoms. The van der Waals surface area contributed by atoms with E-state index in [9.17, 15) is 27.9 Å². The summed E-state index contributed by atoms with van der Waals surface area (Å²) in [4.78, 5) is 37.7. The van der Waals surface area contributed by atoms with E-state index in [4.69, 9.17) is 0 Å². The first-order valence-electron chi connectivity index (χ1n) is 14.3. The standard InChI is InChI=1S/C33H36F3N5O3S/c1-33(2,36)24-15-25(17-37-16-24)40(3)18-28(42)26(13-21-9-6-5-7-10-21)39-31(43)22-11-8-12-23(14-22)32(44)41(4)19-29-38-27(20-45-29)30(34)35/h5-12,14-17,20,26,28,30,42H,13,18-19H2,1-4H3,(H,39,43)/t26-,28+/m0/s1. The molecule has 45 heavy (non-hydrogen) atoms. The molecule has 4 rings (SSSR count). The van der Waals surface area contributed by atoms with E-state index in [1.165, 1.54) is 43.4 Å². The first kappa shape index (κ1) is 33.6. The average molecular weight is 640 g/mol. The number of alkyl halides is 3. The third kappa shape index (κ3) is 9.11. The highest BCUT2D eigenvalue weighted by atomic mass is 32.1. The number of carbonyl (C=O) groups is 2. The minimum atomic E-state index is -2.69. The number of aliphatic hydroxyl groups excluding tert-OH is 1. The molecule has 0 aliphatic rings. The highest BCUT2D eigenvalue weighted by Gasteiger charge is 2.26. The number of likely N-dealkylation sites (N-methyl/N-ethyl adjacent to an activating group) is 1. The topological polar surface area (TPSA) is 98.7 Å². The molecule has 0 bridgehead atoms. The number of aromatic nitrogens is 2. The van der Waals surface area contributed by atoms with E-state index >= 15 is 0 Å². The quantitative estimate of drug-likeness (QED) is 0.192. The number of nitrogens with one attached hydrogen (secondary N) is 1. The summed E-state index contributed by atoms with van der Waals surface area (Å²) in [5, 5.41) is 15.9. The van der Waals surface area contributed by atoms with Gasteiger partial charge in [-0.3, -0.25) is 14.6 Å². The molecular formula is C33H36F3N5O3S. The van der Waals surface area contributed by atoms with Crippen LogP contribution < -0.4 is 10.2 Å². The Balaban J connectivity index is 1.48. The van der Waals surface area contributed by atoms with Gasteiger partial charge in [0.05, 0.1) is 30.6 Å². The Morgan fingerprint density at radius 1 is 1.02 bits per heavy atom. The van der Waals surface area contributed by atoms with E-state index in [0.717, 1.165) is 16.9 Å². The summed E-state index contributed by atoms with van der Waals surface area (Å²) in [7, 11) is 3.28. The van der Waals surface area contributed by atoms with Crippen LogP contribution in [0.1, 0.15) is 62.8 Å². The average Bonchev–Trinajstić information content (AvgIpc) is 3.49. The number of aliphatic hydroxyl groups is 1. The summed E-state index contributed by atoms with van der Waals surface area (Å²) in [5.41, 5.74) is 0.441. The highest BCUT2D eigenvalue weighted by molar-refractivity contribution is 7.09. The summed E-state index contributed by atoms with van der Waals surface area (Å²) >= 11 is 1.04. The zero-order chi connectivity index (χ0) is 32.7. The lowest BCUT2D eigenvalue weighted by Crippen LogP contribution is -2.49. The second kappa shape index (κ2) is 14.7. The molecule has 2 aromatic carbocycles. The Labute approximate surface area is 264 Å². The minimum Gasteiger partial charge on any atom is -0.389 e. The second-order valence-corrected chi connectivity index (χ2v) is 12.3. The number of hydrogen-bond acceptors (Lipinski definition) is 7. The van der Waals surface area contributed by atoms with Crippen molar-refractivity contribution in [3.8, 4) is 0 Å². The highest BCUT2D eigenvalue weighted by Crippen LogP contribution is 2.27. The maximum absolute atomic E-state index is 14.5. The molecule has 0 aliphatic carbocycles. The van der Waals surface area contributed by atoms with Crippen LogP contribution in [0.3, 0.4) is 0 Å². The summed E-state index contributed by atoms with van der Waals surface area (Å²) in [6.45, 7) is 3.04. The van der Waals surface area contributed by atoms with E-state index in [2.05, 4.69) is 15.3 Å². The number of rotatable bonds is 13. The Hall–Kier alpha value is -4.29. The molecule has 0 saturated carbocycles. The summed E-state index contributed by atoms with van der Waals surface area (Å²) < 4.78 is 40.4. The summed E-state index contributed by atoms with van der Waals surface area (Å²) in [6, 6.07) is 16.5. The number of thiazole rings is 1. The predicted octanol–water partition coefficient (Wildman–Crippen LogP) is 5.79. The van der Waals surface area contributed by atoms with Crippen molar-refractivity contribution in [3.05, 3.63) is 111 Å². The van der Waals surface area contributed by atoms with Gasteiger partial charge in [0, 0.05) is 48.9 Å². The first-order valence-corrected chi connectivity index (χ1v) is 15.2. The Morgan fingerprint density at radius 3 is 2.40 bits per heavy atom. The molecule has 238 valence electrons. The molecule has 2 aromatic heterocycles. The van der Waals surface area contributed by atoms with Crippen LogP contribution in [0.25, 0.3) is 0 Å². The first-order chi connectivity index (χ1) is 21.3. The van der Waals surface area contributed by atoms with Gasteiger partial charge in [0.25, 0.3) is 18.2 Å². The lowest BCUT2D eigenvalue weighted by Gasteiger charge is -2.29. The number of benzene rings is 2. The van der Waals surface area contributed by atoms with Crippen molar-refractivity contribution in [2.45, 2.75) is 51.1 Å². The van der Waals surface area contributed by atoms with Crippen LogP contribution in [0, 0.1) is 0 Å². The molecule has 2 amide bonds. The van der Waals surface area contributed by atoms with Gasteiger partial charge in [-0.05, 0) is 50.1 Å². The number of amides is 2. The van der Waals surface area contributed by atoms with Crippen molar-refractivity contribution in [1.29, 1.82) is 0 Å². The van der Waals surface area contributed by atoms with Crippen LogP contribution >= 0.6 is 11.3 Å². The fraction of sp³-hybridized carbons (Fsp3) is 0.333. The van der Waals surface area contributed by atoms with Gasteiger partial charge in [0.1, 0.15) is 16.4 Å². The van der Waals surface area contributed by atoms with E-state index in [-0.39, 0.29) is 29.9 Å². The van der Waals surface area contributed by atoms with Crippen molar-refractivity contribution < 1.29 is 27.9 Å². The van der Waals surface area contributed by atoms with Crippen molar-refractivity contribution in [1.82, 2.24) is 20.2 Å². The molecule has 0 fully saturated rings. The van der Waals surface area contributed by atoms with Crippen molar-refractivity contribution in [3.63, 3.8) is 0 Å². The van der Waals surface area contributed by atoms with Gasteiger partial charge in [-0.1, -0.05) is 36.4 Å². The molecule has 0 unspecified atom stereocenters. The lowest BCUT2D eigenvalue weighted by molar-refractivity contribution is 0.0784. The van der Waals surface area contributed by atoms with E-state index in [1.807, 2.05) is 30.3 Å². The summed E-state index contributed by atoms with van der Waals surface area (Å²) in [5.74, 6) is -0.896. The van der Waals surface area contributed by atoms with Gasteiger partial charge in [-0.2, -0.15) is 0 Å². The molecule has 4 aromatic rings. The van der Waals surface area contributed by atoms with Gasteiger partial charge in [-0.15, -0.1) is 11.3 Å². The normalized spacial score (nSPS) is 12.9. The van der Waals surface area contributed by atoms with Crippen LogP contribution in [0.4, 0.5) is 18.9 Å². The Kier molecular flexibility index (Phi) is 10.9. The van der Waals surface area contributed by atoms with Gasteiger partial charge in [0.2, 0.25) is 0 Å². The molecule has 12 heteroatoms. The van der Waals surface area contributed by atoms with Crippen LogP contribution in [-0.2, 0) is 18.6 Å². The number of pyridine rings is 1. The van der Waals surface area contributed by atoms with Gasteiger partial charge in [0.15, 0.2) is 0 Å². The van der Waals surface area contributed by atoms with Crippen molar-refractivity contribution >= 4 is 28.8 Å². The SMILES string of the molecule is CN(Cc1nc(C(F)F)cs1)C(=O)c1cccc(C(=O)N[C@@H](Cc2ccccc2)[C@H](O)CN(C)c2cncc(C(C)(C)F)c2)c1. The molecular weight excluding hydrogens is 603 g/mol.